The third kappa shape index (κ3) is 2.88. The van der Waals surface area contributed by atoms with Crippen molar-refractivity contribution in [3.8, 4) is 11.6 Å². The van der Waals surface area contributed by atoms with Crippen LogP contribution in [0.15, 0.2) is 34.9 Å². The number of non-ortho nitro benzene ring substituents is 1. The number of nitrogen functional groups attached to an aromatic ring is 1. The van der Waals surface area contributed by atoms with E-state index in [2.05, 4.69) is 26.1 Å². The average Bonchev–Trinajstić information content (AvgIpc) is 2.41. The van der Waals surface area contributed by atoms with Crippen LogP contribution < -0.4 is 10.5 Å². The molecule has 2 rings (SSSR count). The number of hydrogen-bond donors (Lipinski definition) is 2. The third-order valence-electron chi connectivity index (χ3n) is 2.31. The molecule has 0 spiro atoms. The van der Waals surface area contributed by atoms with Crippen LogP contribution >= 0.6 is 15.9 Å². The van der Waals surface area contributed by atoms with Gasteiger partial charge in [-0.3, -0.25) is 15.5 Å². The third-order valence-corrected chi connectivity index (χ3v) is 2.96. The molecule has 0 fully saturated rings. The quantitative estimate of drug-likeness (QED) is 0.381. The normalized spacial score (nSPS) is 10.1. The molecule has 20 heavy (non-hydrogen) atoms. The molecule has 1 heterocycles. The standard InChI is InChI=1S/C11H8BrN5O3/c12-8-2-1-6(17(18)19)5-9(8)20-11-7(10(13)14)3-4-15-16-11/h1-5H,(H3,13,14). The topological polar surface area (TPSA) is 128 Å². The number of aromatic nitrogens is 2. The Hall–Kier alpha value is -2.55. The van der Waals surface area contributed by atoms with Gasteiger partial charge in [0, 0.05) is 6.07 Å². The fraction of sp³-hybridized carbons (Fsp3) is 0. The number of amidine groups is 1. The van der Waals surface area contributed by atoms with Crippen LogP contribution in [0.4, 0.5) is 5.69 Å². The molecule has 0 aliphatic heterocycles. The Kier molecular flexibility index (Phi) is 3.89. The molecule has 102 valence electrons. The van der Waals surface area contributed by atoms with Gasteiger partial charge in [0.15, 0.2) is 5.75 Å². The minimum atomic E-state index is -0.540. The van der Waals surface area contributed by atoms with E-state index in [1.807, 2.05) is 0 Å². The van der Waals surface area contributed by atoms with Crippen LogP contribution in [0.5, 0.6) is 11.6 Å². The van der Waals surface area contributed by atoms with Gasteiger partial charge in [0.1, 0.15) is 5.84 Å². The zero-order valence-electron chi connectivity index (χ0n) is 9.91. The van der Waals surface area contributed by atoms with E-state index < -0.39 is 4.92 Å². The van der Waals surface area contributed by atoms with Gasteiger partial charge in [-0.2, -0.15) is 5.10 Å². The number of hydrogen-bond acceptors (Lipinski definition) is 6. The van der Waals surface area contributed by atoms with Crippen molar-refractivity contribution in [3.63, 3.8) is 0 Å². The number of nitro groups is 1. The maximum atomic E-state index is 10.7. The summed E-state index contributed by atoms with van der Waals surface area (Å²) >= 11 is 3.22. The summed E-state index contributed by atoms with van der Waals surface area (Å²) in [5.41, 5.74) is 5.52. The van der Waals surface area contributed by atoms with Crippen molar-refractivity contribution in [1.29, 1.82) is 5.41 Å². The lowest BCUT2D eigenvalue weighted by Crippen LogP contribution is -2.13. The number of rotatable bonds is 4. The zero-order valence-corrected chi connectivity index (χ0v) is 11.5. The highest BCUT2D eigenvalue weighted by Crippen LogP contribution is 2.33. The Morgan fingerprint density at radius 1 is 1.45 bits per heavy atom. The van der Waals surface area contributed by atoms with Crippen LogP contribution in [0.25, 0.3) is 0 Å². The first-order chi connectivity index (χ1) is 9.49. The molecule has 9 heteroatoms. The average molecular weight is 338 g/mol. The second kappa shape index (κ2) is 5.61. The summed E-state index contributed by atoms with van der Waals surface area (Å²) in [6.07, 6.45) is 1.37. The van der Waals surface area contributed by atoms with Gasteiger partial charge in [-0.1, -0.05) is 0 Å². The largest absolute Gasteiger partial charge is 0.435 e. The number of nitro benzene ring substituents is 1. The number of ether oxygens (including phenoxy) is 1. The van der Waals surface area contributed by atoms with Crippen molar-refractivity contribution in [2.24, 2.45) is 5.73 Å². The fourth-order valence-electron chi connectivity index (χ4n) is 1.39. The summed E-state index contributed by atoms with van der Waals surface area (Å²) < 4.78 is 5.95. The van der Waals surface area contributed by atoms with Crippen molar-refractivity contribution in [3.05, 3.63) is 50.6 Å². The predicted octanol–water partition coefficient (Wildman–Crippen LogP) is 2.22. The molecule has 2 aromatic rings. The monoisotopic (exact) mass is 337 g/mol. The molecule has 0 atom stereocenters. The molecule has 1 aromatic heterocycles. The summed E-state index contributed by atoms with van der Waals surface area (Å²) in [5, 5.41) is 25.5. The smallest absolute Gasteiger partial charge is 0.273 e. The van der Waals surface area contributed by atoms with Crippen molar-refractivity contribution in [2.75, 3.05) is 0 Å². The Morgan fingerprint density at radius 3 is 2.85 bits per heavy atom. The van der Waals surface area contributed by atoms with Crippen LogP contribution in [-0.4, -0.2) is 21.0 Å². The molecule has 0 bridgehead atoms. The van der Waals surface area contributed by atoms with E-state index in [-0.39, 0.29) is 28.7 Å². The zero-order chi connectivity index (χ0) is 14.7. The van der Waals surface area contributed by atoms with Crippen LogP contribution in [0, 0.1) is 15.5 Å². The van der Waals surface area contributed by atoms with Gasteiger partial charge in [0.2, 0.25) is 5.88 Å². The van der Waals surface area contributed by atoms with Crippen LogP contribution in [-0.2, 0) is 0 Å². The van der Waals surface area contributed by atoms with Gasteiger partial charge in [-0.15, -0.1) is 5.10 Å². The molecule has 0 radical (unpaired) electrons. The van der Waals surface area contributed by atoms with E-state index in [4.69, 9.17) is 15.9 Å². The molecular formula is C11H8BrN5O3. The molecule has 0 amide bonds. The minimum absolute atomic E-state index is 0.00111. The van der Waals surface area contributed by atoms with E-state index in [1.54, 1.807) is 0 Å². The van der Waals surface area contributed by atoms with Gasteiger partial charge in [-0.25, -0.2) is 0 Å². The van der Waals surface area contributed by atoms with Crippen molar-refractivity contribution >= 4 is 27.5 Å². The van der Waals surface area contributed by atoms with Gasteiger partial charge < -0.3 is 10.5 Å². The molecule has 0 aliphatic carbocycles. The Balaban J connectivity index is 2.42. The Morgan fingerprint density at radius 2 is 2.20 bits per heavy atom. The Bertz CT molecular complexity index is 692. The highest BCUT2D eigenvalue weighted by molar-refractivity contribution is 9.10. The van der Waals surface area contributed by atoms with E-state index in [0.29, 0.717) is 4.47 Å². The summed E-state index contributed by atoms with van der Waals surface area (Å²) in [4.78, 5) is 10.2. The van der Waals surface area contributed by atoms with Crippen molar-refractivity contribution in [1.82, 2.24) is 10.2 Å². The summed E-state index contributed by atoms with van der Waals surface area (Å²) in [7, 11) is 0. The van der Waals surface area contributed by atoms with E-state index >= 15 is 0 Å². The number of nitrogens with one attached hydrogen (secondary N) is 1. The van der Waals surface area contributed by atoms with E-state index in [1.165, 1.54) is 30.5 Å². The lowest BCUT2D eigenvalue weighted by Gasteiger charge is -2.09. The first-order valence-electron chi connectivity index (χ1n) is 5.27. The minimum Gasteiger partial charge on any atom is -0.435 e. The van der Waals surface area contributed by atoms with E-state index in [0.717, 1.165) is 0 Å². The second-order valence-corrected chi connectivity index (χ2v) is 4.49. The fourth-order valence-corrected chi connectivity index (χ4v) is 1.71. The first kappa shape index (κ1) is 13.9. The summed E-state index contributed by atoms with van der Waals surface area (Å²) in [6, 6.07) is 5.52. The number of nitrogens with zero attached hydrogens (tertiary/aromatic N) is 3. The molecule has 3 N–H and O–H groups in total. The van der Waals surface area contributed by atoms with E-state index in [9.17, 15) is 10.1 Å². The Labute approximate surface area is 121 Å². The number of benzene rings is 1. The molecule has 0 aliphatic rings. The number of halogens is 1. The highest BCUT2D eigenvalue weighted by Gasteiger charge is 2.15. The molecular weight excluding hydrogens is 330 g/mol. The lowest BCUT2D eigenvalue weighted by atomic mass is 10.2. The molecule has 0 saturated carbocycles. The molecule has 8 nitrogen and oxygen atoms in total. The van der Waals surface area contributed by atoms with Gasteiger partial charge >= 0.3 is 0 Å². The highest BCUT2D eigenvalue weighted by atomic mass is 79.9. The van der Waals surface area contributed by atoms with Crippen LogP contribution in [0.2, 0.25) is 0 Å². The van der Waals surface area contributed by atoms with Crippen molar-refractivity contribution < 1.29 is 9.66 Å². The first-order valence-corrected chi connectivity index (χ1v) is 6.06. The van der Waals surface area contributed by atoms with Crippen molar-refractivity contribution in [2.45, 2.75) is 0 Å². The SMILES string of the molecule is N=C(N)c1ccnnc1Oc1cc([N+](=O)[O-])ccc1Br. The summed E-state index contributed by atoms with van der Waals surface area (Å²) in [6.45, 7) is 0. The van der Waals surface area contributed by atoms with Gasteiger partial charge in [-0.05, 0) is 28.1 Å². The van der Waals surface area contributed by atoms with Gasteiger partial charge in [0.05, 0.1) is 27.2 Å². The molecule has 1 aromatic carbocycles. The molecule has 0 unspecified atom stereocenters. The molecule has 0 saturated heterocycles. The number of nitrogens with two attached hydrogens (primary N) is 1. The summed E-state index contributed by atoms with van der Waals surface area (Å²) in [5.74, 6) is -0.0557. The van der Waals surface area contributed by atoms with Crippen LogP contribution in [0.1, 0.15) is 5.56 Å². The van der Waals surface area contributed by atoms with Crippen LogP contribution in [0.3, 0.4) is 0 Å². The maximum Gasteiger partial charge on any atom is 0.273 e. The second-order valence-electron chi connectivity index (χ2n) is 3.64. The van der Waals surface area contributed by atoms with Gasteiger partial charge in [0.25, 0.3) is 5.69 Å². The predicted molar refractivity (Wildman–Crippen MR) is 73.9 cm³/mol. The lowest BCUT2D eigenvalue weighted by molar-refractivity contribution is -0.384. The maximum absolute atomic E-state index is 10.7.